The lowest BCUT2D eigenvalue weighted by atomic mass is 10.1. The number of hydrogen-bond donors (Lipinski definition) is 1. The molecular formula is C17H10F4N2OS. The first kappa shape index (κ1) is 17.1. The first-order valence-electron chi connectivity index (χ1n) is 7.03. The van der Waals surface area contributed by atoms with E-state index < -0.39 is 29.0 Å². The molecule has 0 aliphatic heterocycles. The summed E-state index contributed by atoms with van der Waals surface area (Å²) < 4.78 is 52.2. The molecule has 128 valence electrons. The molecule has 25 heavy (non-hydrogen) atoms. The summed E-state index contributed by atoms with van der Waals surface area (Å²) in [6.45, 7) is 0. The molecule has 8 heteroatoms. The van der Waals surface area contributed by atoms with E-state index in [-0.39, 0.29) is 5.13 Å². The second-order valence-corrected chi connectivity index (χ2v) is 5.90. The van der Waals surface area contributed by atoms with Crippen LogP contribution in [-0.2, 0) is 6.18 Å². The Morgan fingerprint density at radius 2 is 1.84 bits per heavy atom. The monoisotopic (exact) mass is 366 g/mol. The summed E-state index contributed by atoms with van der Waals surface area (Å²) in [5.74, 6) is -1.34. The van der Waals surface area contributed by atoms with Crippen LogP contribution in [0.25, 0.3) is 11.3 Å². The molecule has 3 aromatic rings. The van der Waals surface area contributed by atoms with Crippen LogP contribution in [0.4, 0.5) is 22.7 Å². The van der Waals surface area contributed by atoms with Gasteiger partial charge < -0.3 is 0 Å². The van der Waals surface area contributed by atoms with Gasteiger partial charge in [-0.3, -0.25) is 10.1 Å². The van der Waals surface area contributed by atoms with Crippen molar-refractivity contribution in [1.82, 2.24) is 4.98 Å². The number of nitrogens with zero attached hydrogens (tertiary/aromatic N) is 1. The summed E-state index contributed by atoms with van der Waals surface area (Å²) >= 11 is 1.04. The third-order valence-corrected chi connectivity index (χ3v) is 4.08. The van der Waals surface area contributed by atoms with Gasteiger partial charge in [0.05, 0.1) is 16.8 Å². The molecule has 0 atom stereocenters. The fourth-order valence-corrected chi connectivity index (χ4v) is 2.92. The summed E-state index contributed by atoms with van der Waals surface area (Å²) in [7, 11) is 0. The van der Waals surface area contributed by atoms with Crippen molar-refractivity contribution in [2.45, 2.75) is 6.18 Å². The van der Waals surface area contributed by atoms with Crippen molar-refractivity contribution in [3.05, 3.63) is 70.9 Å². The first-order valence-corrected chi connectivity index (χ1v) is 7.91. The third kappa shape index (κ3) is 3.85. The van der Waals surface area contributed by atoms with Crippen molar-refractivity contribution in [2.24, 2.45) is 0 Å². The number of rotatable bonds is 3. The maximum atomic E-state index is 13.2. The lowest BCUT2D eigenvalue weighted by Gasteiger charge is -2.11. The van der Waals surface area contributed by atoms with Gasteiger partial charge in [0.2, 0.25) is 0 Å². The van der Waals surface area contributed by atoms with Crippen molar-refractivity contribution in [3.8, 4) is 11.3 Å². The summed E-state index contributed by atoms with van der Waals surface area (Å²) in [5, 5.41) is 4.06. The highest BCUT2D eigenvalue weighted by Gasteiger charge is 2.34. The summed E-state index contributed by atoms with van der Waals surface area (Å²) in [4.78, 5) is 16.3. The summed E-state index contributed by atoms with van der Waals surface area (Å²) in [6, 6.07) is 10.2. The topological polar surface area (TPSA) is 42.0 Å². The Bertz CT molecular complexity index is 921. The number of thiazole rings is 1. The zero-order valence-electron chi connectivity index (χ0n) is 12.5. The van der Waals surface area contributed by atoms with Gasteiger partial charge in [-0.1, -0.05) is 24.3 Å². The standard InChI is InChI=1S/C17H10F4N2OS/c18-11-5-3-4-10(8-11)14-9-25-16(22-14)23-15(24)12-6-1-2-7-13(12)17(19,20)21/h1-9H,(H,22,23,24). The highest BCUT2D eigenvalue weighted by atomic mass is 32.1. The number of nitrogens with one attached hydrogen (secondary N) is 1. The Hall–Kier alpha value is -2.74. The first-order chi connectivity index (χ1) is 11.8. The molecule has 0 fully saturated rings. The van der Waals surface area contributed by atoms with Gasteiger partial charge >= 0.3 is 6.18 Å². The molecule has 0 aliphatic carbocycles. The van der Waals surface area contributed by atoms with Crippen LogP contribution < -0.4 is 5.32 Å². The number of carbonyl (C=O) groups is 1. The molecule has 3 rings (SSSR count). The Morgan fingerprint density at radius 3 is 2.56 bits per heavy atom. The molecular weight excluding hydrogens is 356 g/mol. The second kappa shape index (κ2) is 6.64. The minimum absolute atomic E-state index is 0.126. The van der Waals surface area contributed by atoms with E-state index in [2.05, 4.69) is 10.3 Å². The van der Waals surface area contributed by atoms with Crippen molar-refractivity contribution >= 4 is 22.4 Å². The van der Waals surface area contributed by atoms with Crippen molar-refractivity contribution in [2.75, 3.05) is 5.32 Å². The van der Waals surface area contributed by atoms with Crippen LogP contribution in [0.15, 0.2) is 53.9 Å². The van der Waals surface area contributed by atoms with Crippen molar-refractivity contribution in [3.63, 3.8) is 0 Å². The SMILES string of the molecule is O=C(Nc1nc(-c2cccc(F)c2)cs1)c1ccccc1C(F)(F)F. The molecule has 1 N–H and O–H groups in total. The molecule has 3 nitrogen and oxygen atoms in total. The van der Waals surface area contributed by atoms with Crippen molar-refractivity contribution in [1.29, 1.82) is 0 Å². The Balaban J connectivity index is 1.84. The molecule has 0 unspecified atom stereocenters. The molecule has 1 amide bonds. The number of anilines is 1. The molecule has 0 saturated carbocycles. The van der Waals surface area contributed by atoms with Gasteiger partial charge in [-0.2, -0.15) is 13.2 Å². The second-order valence-electron chi connectivity index (χ2n) is 5.05. The van der Waals surface area contributed by atoms with E-state index in [0.717, 1.165) is 23.5 Å². The highest BCUT2D eigenvalue weighted by molar-refractivity contribution is 7.14. The van der Waals surface area contributed by atoms with Gasteiger partial charge in [-0.05, 0) is 24.3 Å². The fourth-order valence-electron chi connectivity index (χ4n) is 2.20. The number of benzene rings is 2. The van der Waals surface area contributed by atoms with Gasteiger partial charge in [0.1, 0.15) is 5.82 Å². The van der Waals surface area contributed by atoms with E-state index in [4.69, 9.17) is 0 Å². The largest absolute Gasteiger partial charge is 0.417 e. The molecule has 2 aromatic carbocycles. The average Bonchev–Trinajstić information content (AvgIpc) is 3.02. The minimum Gasteiger partial charge on any atom is -0.298 e. The number of carbonyl (C=O) groups excluding carboxylic acids is 1. The van der Waals surface area contributed by atoms with Crippen LogP contribution in [0.1, 0.15) is 15.9 Å². The number of alkyl halides is 3. The third-order valence-electron chi connectivity index (χ3n) is 3.32. The maximum absolute atomic E-state index is 13.2. The molecule has 0 bridgehead atoms. The zero-order chi connectivity index (χ0) is 18.0. The molecule has 1 aromatic heterocycles. The van der Waals surface area contributed by atoms with Crippen LogP contribution >= 0.6 is 11.3 Å². The van der Waals surface area contributed by atoms with E-state index in [9.17, 15) is 22.4 Å². The van der Waals surface area contributed by atoms with Gasteiger partial charge in [0, 0.05) is 10.9 Å². The van der Waals surface area contributed by atoms with Crippen LogP contribution in [0.5, 0.6) is 0 Å². The van der Waals surface area contributed by atoms with E-state index in [0.29, 0.717) is 11.3 Å². The molecule has 0 aliphatic rings. The summed E-state index contributed by atoms with van der Waals surface area (Å²) in [5.41, 5.74) is -0.580. The minimum atomic E-state index is -4.64. The zero-order valence-corrected chi connectivity index (χ0v) is 13.3. The van der Waals surface area contributed by atoms with E-state index in [1.54, 1.807) is 11.4 Å². The molecule has 0 spiro atoms. The lowest BCUT2D eigenvalue weighted by Crippen LogP contribution is -2.18. The smallest absolute Gasteiger partial charge is 0.298 e. The van der Waals surface area contributed by atoms with E-state index >= 15 is 0 Å². The quantitative estimate of drug-likeness (QED) is 0.646. The highest BCUT2D eigenvalue weighted by Crippen LogP contribution is 2.32. The fraction of sp³-hybridized carbons (Fsp3) is 0.0588. The number of aromatic nitrogens is 1. The van der Waals surface area contributed by atoms with E-state index in [1.807, 2.05) is 0 Å². The molecule has 0 saturated heterocycles. The van der Waals surface area contributed by atoms with E-state index in [1.165, 1.54) is 30.3 Å². The molecule has 0 radical (unpaired) electrons. The van der Waals surface area contributed by atoms with Crippen LogP contribution in [0.3, 0.4) is 0 Å². The number of hydrogen-bond acceptors (Lipinski definition) is 3. The van der Waals surface area contributed by atoms with Gasteiger partial charge in [-0.25, -0.2) is 9.37 Å². The number of halogens is 4. The molecule has 1 heterocycles. The average molecular weight is 366 g/mol. The summed E-state index contributed by atoms with van der Waals surface area (Å²) in [6.07, 6.45) is -4.64. The maximum Gasteiger partial charge on any atom is 0.417 e. The Labute approximate surface area is 144 Å². The number of amides is 1. The van der Waals surface area contributed by atoms with Gasteiger partial charge in [0.15, 0.2) is 5.13 Å². The normalized spacial score (nSPS) is 11.4. The van der Waals surface area contributed by atoms with Gasteiger partial charge in [-0.15, -0.1) is 11.3 Å². The Kier molecular flexibility index (Phi) is 4.54. The van der Waals surface area contributed by atoms with Crippen LogP contribution in [0.2, 0.25) is 0 Å². The van der Waals surface area contributed by atoms with Crippen LogP contribution in [-0.4, -0.2) is 10.9 Å². The predicted octanol–water partition coefficient (Wildman–Crippen LogP) is 5.22. The van der Waals surface area contributed by atoms with Crippen LogP contribution in [0, 0.1) is 5.82 Å². The predicted molar refractivity (Wildman–Crippen MR) is 86.9 cm³/mol. The Morgan fingerprint density at radius 1 is 1.08 bits per heavy atom. The lowest BCUT2D eigenvalue weighted by molar-refractivity contribution is -0.137. The van der Waals surface area contributed by atoms with Crippen molar-refractivity contribution < 1.29 is 22.4 Å². The van der Waals surface area contributed by atoms with Gasteiger partial charge in [0.25, 0.3) is 5.91 Å².